The molecule has 0 radical (unpaired) electrons. The second kappa shape index (κ2) is 6.76. The second-order valence-corrected chi connectivity index (χ2v) is 5.07. The predicted molar refractivity (Wildman–Crippen MR) is 77.2 cm³/mol. The molecule has 0 fully saturated rings. The van der Waals surface area contributed by atoms with Crippen molar-refractivity contribution in [3.05, 3.63) is 28.8 Å². The van der Waals surface area contributed by atoms with Crippen LogP contribution in [-0.4, -0.2) is 20.2 Å². The van der Waals surface area contributed by atoms with E-state index in [1.54, 1.807) is 7.11 Å². The standard InChI is InChI=1S/C15H26N2O/c1-10-8-13(15(18-5)9-11(10)2)14(17-4)7-6-12(3)16/h8-9,12,14,17H,6-7,16H2,1-5H3. The average molecular weight is 250 g/mol. The van der Waals surface area contributed by atoms with Crippen LogP contribution in [0.5, 0.6) is 5.75 Å². The normalized spacial score (nSPS) is 14.3. The van der Waals surface area contributed by atoms with Gasteiger partial charge in [-0.25, -0.2) is 0 Å². The summed E-state index contributed by atoms with van der Waals surface area (Å²) in [6, 6.07) is 4.86. The van der Waals surface area contributed by atoms with Crippen LogP contribution >= 0.6 is 0 Å². The Hall–Kier alpha value is -1.06. The maximum Gasteiger partial charge on any atom is 0.123 e. The Bertz CT molecular complexity index is 388. The molecular formula is C15H26N2O. The molecule has 3 nitrogen and oxygen atoms in total. The van der Waals surface area contributed by atoms with Crippen LogP contribution in [0.1, 0.15) is 42.5 Å². The average Bonchev–Trinajstić information content (AvgIpc) is 2.33. The molecule has 0 heterocycles. The largest absolute Gasteiger partial charge is 0.496 e. The van der Waals surface area contributed by atoms with Gasteiger partial charge >= 0.3 is 0 Å². The van der Waals surface area contributed by atoms with Gasteiger partial charge in [0.05, 0.1) is 7.11 Å². The Kier molecular flexibility index (Phi) is 5.63. The van der Waals surface area contributed by atoms with Crippen LogP contribution in [-0.2, 0) is 0 Å². The fourth-order valence-electron chi connectivity index (χ4n) is 2.15. The van der Waals surface area contributed by atoms with Crippen molar-refractivity contribution in [2.45, 2.75) is 45.7 Å². The topological polar surface area (TPSA) is 47.3 Å². The van der Waals surface area contributed by atoms with Crippen molar-refractivity contribution >= 4 is 0 Å². The van der Waals surface area contributed by atoms with Crippen molar-refractivity contribution in [1.82, 2.24) is 5.32 Å². The molecule has 1 aromatic rings. The van der Waals surface area contributed by atoms with Crippen LogP contribution in [0.2, 0.25) is 0 Å². The maximum atomic E-state index is 5.84. The van der Waals surface area contributed by atoms with E-state index in [-0.39, 0.29) is 6.04 Å². The number of nitrogens with two attached hydrogens (primary N) is 1. The lowest BCUT2D eigenvalue weighted by atomic mass is 9.95. The highest BCUT2D eigenvalue weighted by molar-refractivity contribution is 5.43. The molecule has 0 aliphatic rings. The highest BCUT2D eigenvalue weighted by atomic mass is 16.5. The zero-order valence-corrected chi connectivity index (χ0v) is 12.2. The highest BCUT2D eigenvalue weighted by Crippen LogP contribution is 2.30. The predicted octanol–water partition coefficient (Wildman–Crippen LogP) is 2.70. The van der Waals surface area contributed by atoms with Crippen LogP contribution in [0, 0.1) is 13.8 Å². The summed E-state index contributed by atoms with van der Waals surface area (Å²) >= 11 is 0. The molecule has 102 valence electrons. The van der Waals surface area contributed by atoms with Crippen LogP contribution in [0.15, 0.2) is 12.1 Å². The Labute approximate surface area is 111 Å². The number of aryl methyl sites for hydroxylation is 2. The van der Waals surface area contributed by atoms with Crippen LogP contribution in [0.4, 0.5) is 0 Å². The van der Waals surface area contributed by atoms with Crippen molar-refractivity contribution in [3.63, 3.8) is 0 Å². The molecule has 0 aliphatic carbocycles. The molecule has 0 bridgehead atoms. The van der Waals surface area contributed by atoms with Gasteiger partial charge in [0.15, 0.2) is 0 Å². The summed E-state index contributed by atoms with van der Waals surface area (Å²) in [7, 11) is 3.71. The minimum absolute atomic E-state index is 0.235. The third-order valence-electron chi connectivity index (χ3n) is 3.48. The first kappa shape index (κ1) is 15.0. The van der Waals surface area contributed by atoms with E-state index >= 15 is 0 Å². The number of hydrogen-bond acceptors (Lipinski definition) is 3. The van der Waals surface area contributed by atoms with Gasteiger partial charge in [-0.2, -0.15) is 0 Å². The summed E-state index contributed by atoms with van der Waals surface area (Å²) in [6.45, 7) is 6.29. The van der Waals surface area contributed by atoms with E-state index < -0.39 is 0 Å². The molecule has 18 heavy (non-hydrogen) atoms. The van der Waals surface area contributed by atoms with Gasteiger partial charge < -0.3 is 15.8 Å². The van der Waals surface area contributed by atoms with Crippen LogP contribution < -0.4 is 15.8 Å². The summed E-state index contributed by atoms with van der Waals surface area (Å²) < 4.78 is 5.50. The lowest BCUT2D eigenvalue weighted by molar-refractivity contribution is 0.395. The molecule has 1 aromatic carbocycles. The Balaban J connectivity index is 3.00. The van der Waals surface area contributed by atoms with Crippen molar-refractivity contribution in [2.24, 2.45) is 5.73 Å². The van der Waals surface area contributed by atoms with E-state index in [0.717, 1.165) is 18.6 Å². The number of ether oxygens (including phenoxy) is 1. The molecule has 0 aliphatic heterocycles. The lowest BCUT2D eigenvalue weighted by Crippen LogP contribution is -2.22. The molecule has 0 amide bonds. The second-order valence-electron chi connectivity index (χ2n) is 5.07. The molecule has 0 spiro atoms. The quantitative estimate of drug-likeness (QED) is 0.816. The minimum Gasteiger partial charge on any atom is -0.496 e. The van der Waals surface area contributed by atoms with E-state index in [1.165, 1.54) is 16.7 Å². The number of benzene rings is 1. The third kappa shape index (κ3) is 3.72. The smallest absolute Gasteiger partial charge is 0.123 e. The molecule has 1 rings (SSSR count). The Morgan fingerprint density at radius 1 is 1.22 bits per heavy atom. The van der Waals surface area contributed by atoms with Crippen LogP contribution in [0.3, 0.4) is 0 Å². The zero-order valence-electron chi connectivity index (χ0n) is 12.2. The van der Waals surface area contributed by atoms with E-state index in [0.29, 0.717) is 6.04 Å². The third-order valence-corrected chi connectivity index (χ3v) is 3.48. The lowest BCUT2D eigenvalue weighted by Gasteiger charge is -2.21. The Morgan fingerprint density at radius 2 is 1.83 bits per heavy atom. The summed E-state index contributed by atoms with van der Waals surface area (Å²) in [4.78, 5) is 0. The number of rotatable bonds is 6. The molecular weight excluding hydrogens is 224 g/mol. The SMILES string of the molecule is CNC(CCC(C)N)c1cc(C)c(C)cc1OC. The van der Waals surface area contributed by atoms with E-state index in [2.05, 4.69) is 31.3 Å². The first-order valence-corrected chi connectivity index (χ1v) is 6.57. The van der Waals surface area contributed by atoms with Crippen molar-refractivity contribution in [1.29, 1.82) is 0 Å². The number of nitrogens with one attached hydrogen (secondary N) is 1. The fraction of sp³-hybridized carbons (Fsp3) is 0.600. The summed E-state index contributed by atoms with van der Waals surface area (Å²) in [5, 5.41) is 3.36. The van der Waals surface area contributed by atoms with Gasteiger partial charge in [-0.3, -0.25) is 0 Å². The minimum atomic E-state index is 0.235. The maximum absolute atomic E-state index is 5.84. The highest BCUT2D eigenvalue weighted by Gasteiger charge is 2.16. The van der Waals surface area contributed by atoms with Gasteiger partial charge in [-0.15, -0.1) is 0 Å². The molecule has 2 atom stereocenters. The van der Waals surface area contributed by atoms with Gasteiger partial charge in [0.2, 0.25) is 0 Å². The summed E-state index contributed by atoms with van der Waals surface area (Å²) in [5.74, 6) is 0.960. The monoisotopic (exact) mass is 250 g/mol. The number of hydrogen-bond donors (Lipinski definition) is 2. The van der Waals surface area contributed by atoms with Crippen molar-refractivity contribution in [2.75, 3.05) is 14.2 Å². The van der Waals surface area contributed by atoms with E-state index in [9.17, 15) is 0 Å². The van der Waals surface area contributed by atoms with Gasteiger partial charge in [0.25, 0.3) is 0 Å². The first-order valence-electron chi connectivity index (χ1n) is 6.57. The Morgan fingerprint density at radius 3 is 2.33 bits per heavy atom. The van der Waals surface area contributed by atoms with Crippen molar-refractivity contribution < 1.29 is 4.74 Å². The molecule has 3 heteroatoms. The molecule has 2 unspecified atom stereocenters. The molecule has 3 N–H and O–H groups in total. The first-order chi connectivity index (χ1) is 8.49. The fourth-order valence-corrected chi connectivity index (χ4v) is 2.15. The van der Waals surface area contributed by atoms with Gasteiger partial charge in [0, 0.05) is 17.6 Å². The van der Waals surface area contributed by atoms with Gasteiger partial charge in [-0.1, -0.05) is 6.07 Å². The van der Waals surface area contributed by atoms with Gasteiger partial charge in [0.1, 0.15) is 5.75 Å². The molecule has 0 aromatic heterocycles. The van der Waals surface area contributed by atoms with E-state index in [1.807, 2.05) is 14.0 Å². The summed E-state index contributed by atoms with van der Waals surface area (Å²) in [5.41, 5.74) is 9.62. The van der Waals surface area contributed by atoms with Crippen LogP contribution in [0.25, 0.3) is 0 Å². The van der Waals surface area contributed by atoms with Gasteiger partial charge in [-0.05, 0) is 57.9 Å². The molecule has 0 saturated carbocycles. The zero-order chi connectivity index (χ0) is 13.7. The van der Waals surface area contributed by atoms with E-state index in [4.69, 9.17) is 10.5 Å². The number of methoxy groups -OCH3 is 1. The molecule has 0 saturated heterocycles. The summed E-state index contributed by atoms with van der Waals surface area (Å²) in [6.07, 6.45) is 2.02. The van der Waals surface area contributed by atoms with Crippen molar-refractivity contribution in [3.8, 4) is 5.75 Å².